The zero-order chi connectivity index (χ0) is 13.1. The first-order valence-corrected chi connectivity index (χ1v) is 6.42. The lowest BCUT2D eigenvalue weighted by molar-refractivity contribution is 0.320. The summed E-state index contributed by atoms with van der Waals surface area (Å²) in [6.45, 7) is 6.85. The fourth-order valence-electron chi connectivity index (χ4n) is 1.91. The fraction of sp³-hybridized carbons (Fsp3) is 0.400. The van der Waals surface area contributed by atoms with Gasteiger partial charge < -0.3 is 9.72 Å². The SMILES string of the molecule is CCCOc1cccc2c(=O)cc(C(C)C)[nH]c12. The highest BCUT2D eigenvalue weighted by atomic mass is 16.5. The van der Waals surface area contributed by atoms with Crippen molar-refractivity contribution in [2.24, 2.45) is 0 Å². The van der Waals surface area contributed by atoms with E-state index in [9.17, 15) is 4.79 Å². The molecule has 0 atom stereocenters. The van der Waals surface area contributed by atoms with Gasteiger partial charge in [-0.3, -0.25) is 4.79 Å². The van der Waals surface area contributed by atoms with Gasteiger partial charge in [0.15, 0.2) is 5.43 Å². The number of hydrogen-bond donors (Lipinski definition) is 1. The number of aromatic nitrogens is 1. The summed E-state index contributed by atoms with van der Waals surface area (Å²) < 4.78 is 5.69. The first-order valence-electron chi connectivity index (χ1n) is 6.42. The lowest BCUT2D eigenvalue weighted by Crippen LogP contribution is -2.07. The Morgan fingerprint density at radius 2 is 2.11 bits per heavy atom. The number of H-pyrrole nitrogens is 1. The molecule has 0 saturated heterocycles. The smallest absolute Gasteiger partial charge is 0.189 e. The van der Waals surface area contributed by atoms with Crippen LogP contribution in [0.15, 0.2) is 29.1 Å². The van der Waals surface area contributed by atoms with Crippen LogP contribution in [0, 0.1) is 0 Å². The maximum Gasteiger partial charge on any atom is 0.189 e. The summed E-state index contributed by atoms with van der Waals surface area (Å²) in [5, 5.41) is 0.688. The zero-order valence-corrected chi connectivity index (χ0v) is 11.1. The highest BCUT2D eigenvalue weighted by Crippen LogP contribution is 2.23. The van der Waals surface area contributed by atoms with Crippen molar-refractivity contribution in [3.05, 3.63) is 40.2 Å². The molecule has 0 radical (unpaired) electrons. The van der Waals surface area contributed by atoms with Crippen LogP contribution in [-0.4, -0.2) is 11.6 Å². The van der Waals surface area contributed by atoms with Gasteiger partial charge in [0.05, 0.1) is 12.1 Å². The van der Waals surface area contributed by atoms with Crippen molar-refractivity contribution in [3.63, 3.8) is 0 Å². The molecule has 0 amide bonds. The van der Waals surface area contributed by atoms with Gasteiger partial charge in [0.25, 0.3) is 0 Å². The average molecular weight is 245 g/mol. The van der Waals surface area contributed by atoms with Crippen LogP contribution in [0.3, 0.4) is 0 Å². The second-order valence-corrected chi connectivity index (χ2v) is 4.77. The minimum atomic E-state index is 0.0504. The van der Waals surface area contributed by atoms with Crippen LogP contribution in [-0.2, 0) is 0 Å². The van der Waals surface area contributed by atoms with E-state index in [-0.39, 0.29) is 5.43 Å². The van der Waals surface area contributed by atoms with Crippen LogP contribution in [0.1, 0.15) is 38.8 Å². The van der Waals surface area contributed by atoms with Gasteiger partial charge in [-0.15, -0.1) is 0 Å². The monoisotopic (exact) mass is 245 g/mol. The van der Waals surface area contributed by atoms with E-state index in [1.54, 1.807) is 6.07 Å². The van der Waals surface area contributed by atoms with Crippen molar-refractivity contribution in [1.29, 1.82) is 0 Å². The lowest BCUT2D eigenvalue weighted by atomic mass is 10.1. The number of rotatable bonds is 4. The topological polar surface area (TPSA) is 42.1 Å². The second-order valence-electron chi connectivity index (χ2n) is 4.77. The van der Waals surface area contributed by atoms with Gasteiger partial charge in [0, 0.05) is 17.1 Å². The quantitative estimate of drug-likeness (QED) is 0.896. The fourth-order valence-corrected chi connectivity index (χ4v) is 1.91. The van der Waals surface area contributed by atoms with Crippen LogP contribution >= 0.6 is 0 Å². The molecular formula is C15H19NO2. The molecule has 1 aromatic heterocycles. The van der Waals surface area contributed by atoms with Crippen molar-refractivity contribution in [3.8, 4) is 5.75 Å². The van der Waals surface area contributed by atoms with Gasteiger partial charge in [0.1, 0.15) is 5.75 Å². The Kier molecular flexibility index (Phi) is 3.70. The predicted octanol–water partition coefficient (Wildman–Crippen LogP) is 3.44. The van der Waals surface area contributed by atoms with E-state index in [2.05, 4.69) is 25.8 Å². The second kappa shape index (κ2) is 5.25. The van der Waals surface area contributed by atoms with E-state index in [1.165, 1.54) is 0 Å². The molecule has 0 unspecified atom stereocenters. The Labute approximate surface area is 107 Å². The number of nitrogens with one attached hydrogen (secondary N) is 1. The maximum absolute atomic E-state index is 12.1. The largest absolute Gasteiger partial charge is 0.491 e. The molecule has 1 N–H and O–H groups in total. The summed E-state index contributed by atoms with van der Waals surface area (Å²) in [5.74, 6) is 1.05. The normalized spacial score (nSPS) is 11.1. The summed E-state index contributed by atoms with van der Waals surface area (Å²) in [6, 6.07) is 7.27. The van der Waals surface area contributed by atoms with Crippen molar-refractivity contribution >= 4 is 10.9 Å². The molecule has 0 bridgehead atoms. The van der Waals surface area contributed by atoms with Crippen LogP contribution in [0.4, 0.5) is 0 Å². The molecule has 0 aliphatic heterocycles. The number of benzene rings is 1. The molecule has 2 rings (SSSR count). The molecule has 0 aliphatic carbocycles. The Hall–Kier alpha value is -1.77. The van der Waals surface area contributed by atoms with Gasteiger partial charge in [0.2, 0.25) is 0 Å². The molecule has 0 saturated carbocycles. The number of hydrogen-bond acceptors (Lipinski definition) is 2. The van der Waals surface area contributed by atoms with Gasteiger partial charge in [-0.2, -0.15) is 0 Å². The predicted molar refractivity (Wildman–Crippen MR) is 74.4 cm³/mol. The van der Waals surface area contributed by atoms with Crippen LogP contribution in [0.25, 0.3) is 10.9 Å². The number of fused-ring (bicyclic) bond motifs is 1. The summed E-state index contributed by atoms with van der Waals surface area (Å²) in [5.41, 5.74) is 1.80. The molecule has 2 aromatic rings. The first-order chi connectivity index (χ1) is 8.63. The minimum Gasteiger partial charge on any atom is -0.491 e. The summed E-state index contributed by atoms with van der Waals surface area (Å²) in [7, 11) is 0. The summed E-state index contributed by atoms with van der Waals surface area (Å²) in [6.07, 6.45) is 0.949. The Morgan fingerprint density at radius 1 is 1.33 bits per heavy atom. The molecule has 0 spiro atoms. The Morgan fingerprint density at radius 3 is 2.78 bits per heavy atom. The van der Waals surface area contributed by atoms with Crippen LogP contribution < -0.4 is 10.2 Å². The molecular weight excluding hydrogens is 226 g/mol. The van der Waals surface area contributed by atoms with Crippen molar-refractivity contribution in [2.45, 2.75) is 33.1 Å². The van der Waals surface area contributed by atoms with E-state index in [0.29, 0.717) is 17.9 Å². The van der Waals surface area contributed by atoms with Gasteiger partial charge in [-0.05, 0) is 24.5 Å². The van der Waals surface area contributed by atoms with Crippen molar-refractivity contribution in [2.75, 3.05) is 6.61 Å². The molecule has 18 heavy (non-hydrogen) atoms. The minimum absolute atomic E-state index is 0.0504. The third kappa shape index (κ3) is 2.40. The lowest BCUT2D eigenvalue weighted by Gasteiger charge is -2.11. The number of pyridine rings is 1. The first kappa shape index (κ1) is 12.7. The van der Waals surface area contributed by atoms with Gasteiger partial charge >= 0.3 is 0 Å². The Bertz CT molecular complexity index is 599. The van der Waals surface area contributed by atoms with Gasteiger partial charge in [-0.1, -0.05) is 26.8 Å². The summed E-state index contributed by atoms with van der Waals surface area (Å²) in [4.78, 5) is 15.4. The average Bonchev–Trinajstić information content (AvgIpc) is 2.36. The summed E-state index contributed by atoms with van der Waals surface area (Å²) >= 11 is 0. The maximum atomic E-state index is 12.1. The van der Waals surface area contributed by atoms with E-state index in [0.717, 1.165) is 23.4 Å². The van der Waals surface area contributed by atoms with E-state index >= 15 is 0 Å². The molecule has 3 heteroatoms. The van der Waals surface area contributed by atoms with Crippen LogP contribution in [0.2, 0.25) is 0 Å². The third-order valence-corrected chi connectivity index (χ3v) is 2.93. The zero-order valence-electron chi connectivity index (χ0n) is 11.1. The molecule has 0 fully saturated rings. The number of aromatic amines is 1. The molecule has 1 heterocycles. The molecule has 1 aromatic carbocycles. The van der Waals surface area contributed by atoms with Gasteiger partial charge in [-0.25, -0.2) is 0 Å². The Balaban J connectivity index is 2.62. The van der Waals surface area contributed by atoms with E-state index in [1.807, 2.05) is 18.2 Å². The van der Waals surface area contributed by atoms with Crippen molar-refractivity contribution in [1.82, 2.24) is 4.98 Å². The number of ether oxygens (including phenoxy) is 1. The van der Waals surface area contributed by atoms with E-state index in [4.69, 9.17) is 4.74 Å². The molecule has 3 nitrogen and oxygen atoms in total. The standard InChI is InChI=1S/C15H19NO2/c1-4-8-18-14-7-5-6-11-13(17)9-12(10(2)3)16-15(11)14/h5-7,9-10H,4,8H2,1-3H3,(H,16,17). The van der Waals surface area contributed by atoms with E-state index < -0.39 is 0 Å². The molecule has 0 aliphatic rings. The van der Waals surface area contributed by atoms with Crippen molar-refractivity contribution < 1.29 is 4.74 Å². The highest BCUT2D eigenvalue weighted by molar-refractivity contribution is 5.84. The highest BCUT2D eigenvalue weighted by Gasteiger charge is 2.09. The third-order valence-electron chi connectivity index (χ3n) is 2.93. The number of para-hydroxylation sites is 1. The molecule has 96 valence electrons. The van der Waals surface area contributed by atoms with Crippen LogP contribution in [0.5, 0.6) is 5.75 Å².